The molecule has 0 bridgehead atoms. The maximum Gasteiger partial charge on any atom is 0.264 e. The van der Waals surface area contributed by atoms with Gasteiger partial charge in [0.15, 0.2) is 6.61 Å². The molecular formula is C17H17N3O2. The first-order chi connectivity index (χ1) is 10.6. The van der Waals surface area contributed by atoms with Crippen molar-refractivity contribution >= 4 is 22.6 Å². The van der Waals surface area contributed by atoms with E-state index in [0.717, 1.165) is 16.7 Å². The van der Waals surface area contributed by atoms with Gasteiger partial charge in [-0.1, -0.05) is 18.2 Å². The number of carbonyl (C=O) groups is 1. The van der Waals surface area contributed by atoms with Gasteiger partial charge in [-0.3, -0.25) is 4.79 Å². The number of anilines is 1. The monoisotopic (exact) mass is 295 g/mol. The second kappa shape index (κ2) is 5.89. The SMILES string of the molecule is CN(C(=O)COc1ccccc1)c1ccc2c(c1)ncn2C. The summed E-state index contributed by atoms with van der Waals surface area (Å²) in [6.45, 7) is 0.000763. The van der Waals surface area contributed by atoms with Gasteiger partial charge in [0.1, 0.15) is 5.75 Å². The Morgan fingerprint density at radius 2 is 2.00 bits per heavy atom. The van der Waals surface area contributed by atoms with Crippen LogP contribution in [-0.4, -0.2) is 29.1 Å². The van der Waals surface area contributed by atoms with Crippen LogP contribution in [0.5, 0.6) is 5.75 Å². The second-order valence-corrected chi connectivity index (χ2v) is 5.08. The van der Waals surface area contributed by atoms with Gasteiger partial charge in [0.05, 0.1) is 17.4 Å². The van der Waals surface area contributed by atoms with E-state index >= 15 is 0 Å². The lowest BCUT2D eigenvalue weighted by atomic mass is 10.2. The third kappa shape index (κ3) is 2.79. The molecule has 5 heteroatoms. The molecule has 0 radical (unpaired) electrons. The molecule has 0 saturated carbocycles. The maximum atomic E-state index is 12.2. The quantitative estimate of drug-likeness (QED) is 0.743. The number of aromatic nitrogens is 2. The summed E-state index contributed by atoms with van der Waals surface area (Å²) < 4.78 is 7.43. The molecule has 1 aromatic heterocycles. The van der Waals surface area contributed by atoms with E-state index < -0.39 is 0 Å². The third-order valence-corrected chi connectivity index (χ3v) is 3.58. The summed E-state index contributed by atoms with van der Waals surface area (Å²) in [7, 11) is 3.68. The Hall–Kier alpha value is -2.82. The summed E-state index contributed by atoms with van der Waals surface area (Å²) in [6, 6.07) is 15.1. The van der Waals surface area contributed by atoms with E-state index in [-0.39, 0.29) is 12.5 Å². The fourth-order valence-electron chi connectivity index (χ4n) is 2.24. The summed E-state index contributed by atoms with van der Waals surface area (Å²) in [5.41, 5.74) is 2.70. The van der Waals surface area contributed by atoms with Gasteiger partial charge in [0, 0.05) is 19.8 Å². The van der Waals surface area contributed by atoms with Crippen LogP contribution in [0.15, 0.2) is 54.9 Å². The van der Waals surface area contributed by atoms with E-state index in [1.54, 1.807) is 18.3 Å². The number of para-hydroxylation sites is 1. The minimum absolute atomic E-state index is 0.000763. The van der Waals surface area contributed by atoms with Crippen LogP contribution < -0.4 is 9.64 Å². The van der Waals surface area contributed by atoms with Crippen LogP contribution in [0.3, 0.4) is 0 Å². The predicted molar refractivity (Wildman–Crippen MR) is 86.1 cm³/mol. The zero-order valence-electron chi connectivity index (χ0n) is 12.6. The van der Waals surface area contributed by atoms with Crippen molar-refractivity contribution < 1.29 is 9.53 Å². The highest BCUT2D eigenvalue weighted by atomic mass is 16.5. The van der Waals surface area contributed by atoms with Crippen molar-refractivity contribution in [3.63, 3.8) is 0 Å². The highest BCUT2D eigenvalue weighted by molar-refractivity contribution is 5.95. The minimum atomic E-state index is -0.112. The smallest absolute Gasteiger partial charge is 0.264 e. The van der Waals surface area contributed by atoms with Gasteiger partial charge in [0.2, 0.25) is 0 Å². The van der Waals surface area contributed by atoms with Crippen LogP contribution in [0.1, 0.15) is 0 Å². The molecule has 22 heavy (non-hydrogen) atoms. The highest BCUT2D eigenvalue weighted by Gasteiger charge is 2.13. The van der Waals surface area contributed by atoms with E-state index in [1.165, 1.54) is 0 Å². The van der Waals surface area contributed by atoms with Crippen molar-refractivity contribution in [1.29, 1.82) is 0 Å². The van der Waals surface area contributed by atoms with Gasteiger partial charge < -0.3 is 14.2 Å². The topological polar surface area (TPSA) is 47.4 Å². The van der Waals surface area contributed by atoms with E-state index in [4.69, 9.17) is 4.74 Å². The van der Waals surface area contributed by atoms with Gasteiger partial charge >= 0.3 is 0 Å². The lowest BCUT2D eigenvalue weighted by Gasteiger charge is -2.17. The van der Waals surface area contributed by atoms with Crippen molar-refractivity contribution in [2.24, 2.45) is 7.05 Å². The molecule has 0 aliphatic rings. The summed E-state index contributed by atoms with van der Waals surface area (Å²) in [5, 5.41) is 0. The standard InChI is InChI=1S/C17H17N3O2/c1-19-12-18-15-10-13(8-9-16(15)19)20(2)17(21)11-22-14-6-4-3-5-7-14/h3-10,12H,11H2,1-2H3. The van der Waals surface area contributed by atoms with E-state index in [9.17, 15) is 4.79 Å². The number of benzene rings is 2. The number of ether oxygens (including phenoxy) is 1. The fourth-order valence-corrected chi connectivity index (χ4v) is 2.24. The molecule has 0 aliphatic heterocycles. The molecule has 3 aromatic rings. The van der Waals surface area contributed by atoms with E-state index in [1.807, 2.05) is 60.1 Å². The first kappa shape index (κ1) is 14.1. The second-order valence-electron chi connectivity index (χ2n) is 5.08. The van der Waals surface area contributed by atoms with Crippen molar-refractivity contribution in [3.8, 4) is 5.75 Å². The molecule has 0 fully saturated rings. The Morgan fingerprint density at radius 3 is 2.77 bits per heavy atom. The van der Waals surface area contributed by atoms with Crippen LogP contribution in [0.25, 0.3) is 11.0 Å². The molecule has 0 spiro atoms. The molecule has 0 saturated heterocycles. The average molecular weight is 295 g/mol. The van der Waals surface area contributed by atoms with Crippen molar-refractivity contribution in [2.45, 2.75) is 0 Å². The maximum absolute atomic E-state index is 12.2. The van der Waals surface area contributed by atoms with Crippen molar-refractivity contribution in [2.75, 3.05) is 18.6 Å². The fraction of sp³-hybridized carbons (Fsp3) is 0.176. The molecule has 3 rings (SSSR count). The lowest BCUT2D eigenvalue weighted by molar-refractivity contribution is -0.120. The molecular weight excluding hydrogens is 278 g/mol. The zero-order chi connectivity index (χ0) is 15.5. The molecule has 112 valence electrons. The summed E-state index contributed by atoms with van der Waals surface area (Å²) >= 11 is 0. The first-order valence-corrected chi connectivity index (χ1v) is 7.00. The minimum Gasteiger partial charge on any atom is -0.484 e. The van der Waals surface area contributed by atoms with Gasteiger partial charge in [-0.15, -0.1) is 0 Å². The summed E-state index contributed by atoms with van der Waals surface area (Å²) in [5.74, 6) is 0.573. The number of fused-ring (bicyclic) bond motifs is 1. The van der Waals surface area contributed by atoms with Crippen LogP contribution >= 0.6 is 0 Å². The Morgan fingerprint density at radius 1 is 1.23 bits per heavy atom. The normalized spacial score (nSPS) is 10.6. The molecule has 5 nitrogen and oxygen atoms in total. The number of imidazole rings is 1. The first-order valence-electron chi connectivity index (χ1n) is 7.00. The Kier molecular flexibility index (Phi) is 3.78. The van der Waals surface area contributed by atoms with E-state index in [0.29, 0.717) is 5.75 Å². The highest BCUT2D eigenvalue weighted by Crippen LogP contribution is 2.20. The van der Waals surface area contributed by atoms with Crippen molar-refractivity contribution in [3.05, 3.63) is 54.9 Å². The molecule has 1 amide bonds. The van der Waals surface area contributed by atoms with Crippen LogP contribution in [0.2, 0.25) is 0 Å². The van der Waals surface area contributed by atoms with Gasteiger partial charge in [0.25, 0.3) is 5.91 Å². The summed E-state index contributed by atoms with van der Waals surface area (Å²) in [4.78, 5) is 18.1. The molecule has 2 aromatic carbocycles. The number of hydrogen-bond donors (Lipinski definition) is 0. The average Bonchev–Trinajstić information content (AvgIpc) is 2.93. The number of aryl methyl sites for hydroxylation is 1. The van der Waals surface area contributed by atoms with Crippen molar-refractivity contribution in [1.82, 2.24) is 9.55 Å². The lowest BCUT2D eigenvalue weighted by Crippen LogP contribution is -2.31. The third-order valence-electron chi connectivity index (χ3n) is 3.58. The number of carbonyl (C=O) groups excluding carboxylic acids is 1. The number of amides is 1. The Labute approximate surface area is 128 Å². The van der Waals surface area contributed by atoms with Gasteiger partial charge in [-0.25, -0.2) is 4.98 Å². The zero-order valence-corrected chi connectivity index (χ0v) is 12.6. The molecule has 0 unspecified atom stereocenters. The Bertz CT molecular complexity index is 796. The summed E-state index contributed by atoms with van der Waals surface area (Å²) in [6.07, 6.45) is 1.76. The van der Waals surface area contributed by atoms with E-state index in [2.05, 4.69) is 4.98 Å². The molecule has 0 N–H and O–H groups in total. The van der Waals surface area contributed by atoms with Crippen LogP contribution in [0.4, 0.5) is 5.69 Å². The Balaban J connectivity index is 1.71. The van der Waals surface area contributed by atoms with Crippen LogP contribution in [0, 0.1) is 0 Å². The molecule has 0 aliphatic carbocycles. The van der Waals surface area contributed by atoms with Gasteiger partial charge in [-0.2, -0.15) is 0 Å². The number of rotatable bonds is 4. The largest absolute Gasteiger partial charge is 0.484 e. The van der Waals surface area contributed by atoms with Crippen LogP contribution in [-0.2, 0) is 11.8 Å². The number of nitrogens with zero attached hydrogens (tertiary/aromatic N) is 3. The number of hydrogen-bond acceptors (Lipinski definition) is 3. The predicted octanol–water partition coefficient (Wildman–Crippen LogP) is 2.62. The van der Waals surface area contributed by atoms with Gasteiger partial charge in [-0.05, 0) is 30.3 Å². The number of likely N-dealkylation sites (N-methyl/N-ethyl adjacent to an activating group) is 1. The molecule has 0 atom stereocenters. The molecule has 1 heterocycles.